The van der Waals surface area contributed by atoms with E-state index in [2.05, 4.69) is 11.8 Å². The summed E-state index contributed by atoms with van der Waals surface area (Å²) >= 11 is 0. The summed E-state index contributed by atoms with van der Waals surface area (Å²) in [5, 5.41) is 9.55. The summed E-state index contributed by atoms with van der Waals surface area (Å²) in [5.41, 5.74) is 0. The van der Waals surface area contributed by atoms with E-state index in [1.807, 2.05) is 0 Å². The number of carboxylic acid groups (broad SMARTS) is 1. The minimum absolute atomic E-state index is 0.243. The summed E-state index contributed by atoms with van der Waals surface area (Å²) < 4.78 is 5.45. The van der Waals surface area contributed by atoms with Crippen molar-refractivity contribution in [3.8, 4) is 0 Å². The Kier molecular flexibility index (Phi) is 3.32. The van der Waals surface area contributed by atoms with Crippen LogP contribution in [0.25, 0.3) is 0 Å². The minimum Gasteiger partial charge on any atom is -0.480 e. The summed E-state index contributed by atoms with van der Waals surface area (Å²) in [6, 6.07) is 0.104. The molecule has 0 amide bonds. The minimum atomic E-state index is -0.616. The van der Waals surface area contributed by atoms with E-state index in [-0.39, 0.29) is 6.04 Å². The Morgan fingerprint density at radius 3 is 2.89 bits per heavy atom. The molecule has 0 spiro atoms. The van der Waals surface area contributed by atoms with Gasteiger partial charge in [-0.05, 0) is 43.9 Å². The molecule has 0 aromatic carbocycles. The predicted molar refractivity (Wildman–Crippen MR) is 67.3 cm³/mol. The van der Waals surface area contributed by atoms with Crippen molar-refractivity contribution in [1.82, 2.24) is 4.90 Å². The normalized spacial score (nSPS) is 42.1. The van der Waals surface area contributed by atoms with Gasteiger partial charge in [-0.15, -0.1) is 0 Å². The first-order chi connectivity index (χ1) is 8.68. The molecule has 4 heteroatoms. The van der Waals surface area contributed by atoms with Crippen molar-refractivity contribution in [3.63, 3.8) is 0 Å². The van der Waals surface area contributed by atoms with Gasteiger partial charge in [-0.3, -0.25) is 9.69 Å². The SMILES string of the molecule is CC(C1CCOC1)N1CC2CCCC2C1C(=O)O. The van der Waals surface area contributed by atoms with Gasteiger partial charge in [0.2, 0.25) is 0 Å². The molecule has 18 heavy (non-hydrogen) atoms. The summed E-state index contributed by atoms with van der Waals surface area (Å²) in [6.07, 6.45) is 4.62. The van der Waals surface area contributed by atoms with Crippen LogP contribution in [0.1, 0.15) is 32.6 Å². The third-order valence-electron chi connectivity index (χ3n) is 5.35. The molecule has 5 atom stereocenters. The molecular formula is C14H23NO3. The Hall–Kier alpha value is -0.610. The van der Waals surface area contributed by atoms with Gasteiger partial charge < -0.3 is 9.84 Å². The molecule has 3 rings (SSSR count). The van der Waals surface area contributed by atoms with Crippen molar-refractivity contribution >= 4 is 5.97 Å². The van der Waals surface area contributed by atoms with E-state index in [0.717, 1.165) is 32.6 Å². The van der Waals surface area contributed by atoms with Crippen molar-refractivity contribution in [2.24, 2.45) is 17.8 Å². The van der Waals surface area contributed by atoms with E-state index in [1.165, 1.54) is 12.8 Å². The molecule has 1 N–H and O–H groups in total. The average Bonchev–Trinajstić information content (AvgIpc) is 3.03. The van der Waals surface area contributed by atoms with Crippen LogP contribution < -0.4 is 0 Å². The van der Waals surface area contributed by atoms with E-state index < -0.39 is 5.97 Å². The van der Waals surface area contributed by atoms with Gasteiger partial charge in [-0.25, -0.2) is 0 Å². The third kappa shape index (κ3) is 1.95. The molecule has 2 aliphatic heterocycles. The average molecular weight is 253 g/mol. The Bertz CT molecular complexity index is 327. The Balaban J connectivity index is 1.75. The number of hydrogen-bond donors (Lipinski definition) is 1. The zero-order valence-corrected chi connectivity index (χ0v) is 11.0. The third-order valence-corrected chi connectivity index (χ3v) is 5.35. The maximum atomic E-state index is 11.6. The molecule has 1 aliphatic carbocycles. The van der Waals surface area contributed by atoms with E-state index in [0.29, 0.717) is 23.8 Å². The number of carboxylic acids is 1. The number of carbonyl (C=O) groups is 1. The number of likely N-dealkylation sites (tertiary alicyclic amines) is 1. The summed E-state index contributed by atoms with van der Waals surface area (Å²) in [6.45, 7) is 4.82. The van der Waals surface area contributed by atoms with E-state index in [1.54, 1.807) is 0 Å². The Morgan fingerprint density at radius 2 is 2.22 bits per heavy atom. The van der Waals surface area contributed by atoms with Gasteiger partial charge in [-0.2, -0.15) is 0 Å². The summed E-state index contributed by atoms with van der Waals surface area (Å²) in [7, 11) is 0. The predicted octanol–water partition coefficient (Wildman–Crippen LogP) is 1.60. The second-order valence-corrected chi connectivity index (χ2v) is 6.20. The molecule has 5 unspecified atom stereocenters. The van der Waals surface area contributed by atoms with Gasteiger partial charge in [0, 0.05) is 19.2 Å². The summed E-state index contributed by atoms with van der Waals surface area (Å²) in [4.78, 5) is 13.9. The van der Waals surface area contributed by atoms with E-state index >= 15 is 0 Å². The first-order valence-corrected chi connectivity index (χ1v) is 7.24. The topological polar surface area (TPSA) is 49.8 Å². The van der Waals surface area contributed by atoms with Crippen LogP contribution in [0.5, 0.6) is 0 Å². The molecule has 3 fully saturated rings. The lowest BCUT2D eigenvalue weighted by Gasteiger charge is -2.33. The first kappa shape index (κ1) is 12.4. The zero-order valence-electron chi connectivity index (χ0n) is 11.0. The van der Waals surface area contributed by atoms with Gasteiger partial charge in [0.1, 0.15) is 6.04 Å². The van der Waals surface area contributed by atoms with Crippen molar-refractivity contribution in [1.29, 1.82) is 0 Å². The fourth-order valence-electron chi connectivity index (χ4n) is 4.29. The monoisotopic (exact) mass is 253 g/mol. The Labute approximate surface area is 108 Å². The highest BCUT2D eigenvalue weighted by molar-refractivity contribution is 5.74. The smallest absolute Gasteiger partial charge is 0.321 e. The molecule has 0 aromatic rings. The van der Waals surface area contributed by atoms with Crippen LogP contribution >= 0.6 is 0 Å². The maximum Gasteiger partial charge on any atom is 0.321 e. The second kappa shape index (κ2) is 4.82. The molecule has 0 aromatic heterocycles. The highest BCUT2D eigenvalue weighted by Crippen LogP contribution is 2.44. The van der Waals surface area contributed by atoms with Gasteiger partial charge in [0.25, 0.3) is 0 Å². The van der Waals surface area contributed by atoms with Gasteiger partial charge >= 0.3 is 5.97 Å². The fourth-order valence-corrected chi connectivity index (χ4v) is 4.29. The molecule has 102 valence electrons. The number of ether oxygens (including phenoxy) is 1. The van der Waals surface area contributed by atoms with Crippen LogP contribution in [0.2, 0.25) is 0 Å². The lowest BCUT2D eigenvalue weighted by Crippen LogP contribution is -2.47. The van der Waals surface area contributed by atoms with Crippen LogP contribution in [0.15, 0.2) is 0 Å². The van der Waals surface area contributed by atoms with Crippen LogP contribution in [-0.4, -0.2) is 47.8 Å². The molecular weight excluding hydrogens is 230 g/mol. The highest BCUT2D eigenvalue weighted by Gasteiger charge is 2.50. The van der Waals surface area contributed by atoms with Crippen molar-refractivity contribution in [2.45, 2.75) is 44.7 Å². The molecule has 1 saturated carbocycles. The molecule has 0 radical (unpaired) electrons. The number of fused-ring (bicyclic) bond motifs is 1. The van der Waals surface area contributed by atoms with Crippen LogP contribution in [-0.2, 0) is 9.53 Å². The number of nitrogens with zero attached hydrogens (tertiary/aromatic N) is 1. The molecule has 2 saturated heterocycles. The standard InChI is InChI=1S/C14H23NO3/c1-9(11-5-6-18-8-11)15-7-10-3-2-4-12(10)13(15)14(16)17/h9-13H,2-8H2,1H3,(H,16,17). The summed E-state index contributed by atoms with van der Waals surface area (Å²) in [5.74, 6) is 0.920. The Morgan fingerprint density at radius 1 is 1.39 bits per heavy atom. The van der Waals surface area contributed by atoms with E-state index in [4.69, 9.17) is 4.74 Å². The highest BCUT2D eigenvalue weighted by atomic mass is 16.5. The molecule has 3 aliphatic rings. The van der Waals surface area contributed by atoms with Crippen molar-refractivity contribution < 1.29 is 14.6 Å². The first-order valence-electron chi connectivity index (χ1n) is 7.24. The van der Waals surface area contributed by atoms with Gasteiger partial charge in [0.15, 0.2) is 0 Å². The maximum absolute atomic E-state index is 11.6. The molecule has 4 nitrogen and oxygen atoms in total. The lowest BCUT2D eigenvalue weighted by molar-refractivity contribution is -0.144. The van der Waals surface area contributed by atoms with Crippen molar-refractivity contribution in [2.75, 3.05) is 19.8 Å². The number of rotatable bonds is 3. The van der Waals surface area contributed by atoms with E-state index in [9.17, 15) is 9.90 Å². The fraction of sp³-hybridized carbons (Fsp3) is 0.929. The van der Waals surface area contributed by atoms with Gasteiger partial charge in [0.05, 0.1) is 6.61 Å². The van der Waals surface area contributed by atoms with Gasteiger partial charge in [-0.1, -0.05) is 6.42 Å². The largest absolute Gasteiger partial charge is 0.480 e. The number of hydrogen-bond acceptors (Lipinski definition) is 3. The van der Waals surface area contributed by atoms with Crippen LogP contribution in [0, 0.1) is 17.8 Å². The number of aliphatic carboxylic acids is 1. The van der Waals surface area contributed by atoms with Crippen molar-refractivity contribution in [3.05, 3.63) is 0 Å². The van der Waals surface area contributed by atoms with Crippen LogP contribution in [0.3, 0.4) is 0 Å². The second-order valence-electron chi connectivity index (χ2n) is 6.20. The quantitative estimate of drug-likeness (QED) is 0.830. The lowest BCUT2D eigenvalue weighted by atomic mass is 9.93. The van der Waals surface area contributed by atoms with Crippen LogP contribution in [0.4, 0.5) is 0 Å². The zero-order chi connectivity index (χ0) is 12.7. The molecule has 0 bridgehead atoms. The molecule has 2 heterocycles.